The Bertz CT molecular complexity index is 1200. The van der Waals surface area contributed by atoms with Crippen molar-refractivity contribution in [3.63, 3.8) is 0 Å². The first-order valence-corrected chi connectivity index (χ1v) is 9.12. The van der Waals surface area contributed by atoms with E-state index in [2.05, 4.69) is 15.1 Å². The van der Waals surface area contributed by atoms with Gasteiger partial charge in [0, 0.05) is 5.56 Å². The smallest absolute Gasteiger partial charge is 0.316 e. The fraction of sp³-hybridized carbons (Fsp3) is 0.0588. The van der Waals surface area contributed by atoms with Crippen LogP contribution in [0.25, 0.3) is 22.6 Å². The molecular formula is C17H10N4O4S. The molecule has 2 heterocycles. The third kappa shape index (κ3) is 2.94. The average molecular weight is 366 g/mol. The Morgan fingerprint density at radius 3 is 2.54 bits per heavy atom. The molecule has 8 nitrogen and oxygen atoms in total. The molecule has 128 valence electrons. The lowest BCUT2D eigenvalue weighted by Gasteiger charge is -1.94. The van der Waals surface area contributed by atoms with Gasteiger partial charge in [-0.15, -0.1) is 0 Å². The van der Waals surface area contributed by atoms with E-state index >= 15 is 0 Å². The van der Waals surface area contributed by atoms with E-state index < -0.39 is 15.6 Å². The van der Waals surface area contributed by atoms with Crippen molar-refractivity contribution in [3.8, 4) is 17.5 Å². The van der Waals surface area contributed by atoms with Crippen molar-refractivity contribution in [2.45, 2.75) is 11.0 Å². The summed E-state index contributed by atoms with van der Waals surface area (Å²) in [6.45, 7) is 0. The van der Waals surface area contributed by atoms with Crippen molar-refractivity contribution in [2.75, 3.05) is 0 Å². The van der Waals surface area contributed by atoms with Crippen molar-refractivity contribution in [1.82, 2.24) is 15.1 Å². The molecule has 0 aliphatic carbocycles. The molecule has 2 aromatic carbocycles. The lowest BCUT2D eigenvalue weighted by Crippen LogP contribution is -2.06. The van der Waals surface area contributed by atoms with E-state index in [0.29, 0.717) is 22.2 Å². The van der Waals surface area contributed by atoms with Crippen molar-refractivity contribution in [1.29, 1.82) is 5.26 Å². The molecule has 0 bridgehead atoms. The van der Waals surface area contributed by atoms with E-state index in [1.54, 1.807) is 48.5 Å². The van der Waals surface area contributed by atoms with Crippen LogP contribution >= 0.6 is 0 Å². The first-order chi connectivity index (χ1) is 12.5. The molecule has 0 aliphatic heterocycles. The van der Waals surface area contributed by atoms with Crippen LogP contribution in [0.3, 0.4) is 0 Å². The second-order valence-electron chi connectivity index (χ2n) is 5.41. The molecular weight excluding hydrogens is 356 g/mol. The Morgan fingerprint density at radius 2 is 1.81 bits per heavy atom. The monoisotopic (exact) mass is 366 g/mol. The van der Waals surface area contributed by atoms with Gasteiger partial charge in [0.2, 0.25) is 9.84 Å². The number of aromatic nitrogens is 3. The molecule has 0 amide bonds. The largest absolute Gasteiger partial charge is 0.428 e. The van der Waals surface area contributed by atoms with Gasteiger partial charge in [0.25, 0.3) is 5.89 Å². The number of hydrogen-bond acceptors (Lipinski definition) is 8. The summed E-state index contributed by atoms with van der Waals surface area (Å²) in [5.41, 5.74) is 1.92. The van der Waals surface area contributed by atoms with Gasteiger partial charge >= 0.3 is 5.22 Å². The summed E-state index contributed by atoms with van der Waals surface area (Å²) >= 11 is 0. The number of fused-ring (bicyclic) bond motifs is 1. The van der Waals surface area contributed by atoms with Crippen LogP contribution in [0.1, 0.15) is 11.4 Å². The Hall–Kier alpha value is -3.51. The van der Waals surface area contributed by atoms with E-state index in [0.717, 1.165) is 0 Å². The van der Waals surface area contributed by atoms with Crippen molar-refractivity contribution in [3.05, 3.63) is 59.9 Å². The van der Waals surface area contributed by atoms with E-state index in [-0.39, 0.29) is 16.9 Å². The lowest BCUT2D eigenvalue weighted by atomic mass is 10.1. The minimum atomic E-state index is -3.86. The molecule has 0 radical (unpaired) electrons. The Kier molecular flexibility index (Phi) is 3.74. The summed E-state index contributed by atoms with van der Waals surface area (Å²) in [5, 5.41) is 12.1. The molecule has 0 spiro atoms. The predicted octanol–water partition coefficient (Wildman–Crippen LogP) is 2.72. The fourth-order valence-corrected chi connectivity index (χ4v) is 3.37. The Labute approximate surface area is 147 Å². The Morgan fingerprint density at radius 1 is 1.04 bits per heavy atom. The van der Waals surface area contributed by atoms with Gasteiger partial charge in [-0.25, -0.2) is 8.42 Å². The normalized spacial score (nSPS) is 11.5. The first kappa shape index (κ1) is 16.0. The summed E-state index contributed by atoms with van der Waals surface area (Å²) in [6.07, 6.45) is 0. The number of rotatable bonds is 4. The predicted molar refractivity (Wildman–Crippen MR) is 89.3 cm³/mol. The Balaban J connectivity index is 1.60. The standard InChI is InChI=1S/C17H10N4O4S/c18-9-11-5-7-12(8-6-11)16-20-15(21-25-16)10-26(22,23)17-19-13-3-1-2-4-14(13)24-17/h1-8H,10H2. The summed E-state index contributed by atoms with van der Waals surface area (Å²) < 4.78 is 35.4. The van der Waals surface area contributed by atoms with E-state index in [4.69, 9.17) is 14.2 Å². The highest BCUT2D eigenvalue weighted by atomic mass is 32.2. The summed E-state index contributed by atoms with van der Waals surface area (Å²) in [5.74, 6) is -0.344. The van der Waals surface area contributed by atoms with Crippen LogP contribution in [0, 0.1) is 11.3 Å². The van der Waals surface area contributed by atoms with E-state index in [9.17, 15) is 8.42 Å². The van der Waals surface area contributed by atoms with Crippen LogP contribution in [0.15, 0.2) is 62.7 Å². The number of benzene rings is 2. The van der Waals surface area contributed by atoms with Crippen LogP contribution in [-0.2, 0) is 15.6 Å². The molecule has 0 fully saturated rings. The van der Waals surface area contributed by atoms with Crippen LogP contribution < -0.4 is 0 Å². The van der Waals surface area contributed by atoms with Crippen molar-refractivity contribution >= 4 is 20.9 Å². The van der Waals surface area contributed by atoms with Crippen molar-refractivity contribution in [2.24, 2.45) is 0 Å². The molecule has 0 saturated carbocycles. The molecule has 4 rings (SSSR count). The van der Waals surface area contributed by atoms with Gasteiger partial charge in [0.1, 0.15) is 11.3 Å². The van der Waals surface area contributed by atoms with Gasteiger partial charge in [0.15, 0.2) is 11.4 Å². The third-order valence-electron chi connectivity index (χ3n) is 3.59. The maximum atomic E-state index is 12.5. The number of nitrogens with zero attached hydrogens (tertiary/aromatic N) is 4. The molecule has 0 aliphatic rings. The number of sulfone groups is 1. The van der Waals surface area contributed by atoms with E-state index in [1.165, 1.54) is 0 Å². The van der Waals surface area contributed by atoms with Gasteiger partial charge < -0.3 is 8.94 Å². The number of nitriles is 1. The molecule has 4 aromatic rings. The minimum Gasteiger partial charge on any atom is -0.428 e. The van der Waals surface area contributed by atoms with Crippen LogP contribution in [0.2, 0.25) is 0 Å². The molecule has 0 N–H and O–H groups in total. The van der Waals surface area contributed by atoms with Crippen LogP contribution in [0.5, 0.6) is 0 Å². The fourth-order valence-electron chi connectivity index (χ4n) is 2.33. The average Bonchev–Trinajstić information content (AvgIpc) is 3.28. The molecule has 9 heteroatoms. The molecule has 0 saturated heterocycles. The SMILES string of the molecule is N#Cc1ccc(-c2nc(CS(=O)(=O)c3nc4ccccc4o3)no2)cc1. The highest BCUT2D eigenvalue weighted by Gasteiger charge is 2.25. The topological polar surface area (TPSA) is 123 Å². The second-order valence-corrected chi connectivity index (χ2v) is 7.28. The first-order valence-electron chi connectivity index (χ1n) is 7.46. The van der Waals surface area contributed by atoms with Crippen LogP contribution in [0.4, 0.5) is 0 Å². The van der Waals surface area contributed by atoms with Gasteiger partial charge in [-0.2, -0.15) is 15.2 Å². The quantitative estimate of drug-likeness (QED) is 0.540. The highest BCUT2D eigenvalue weighted by Crippen LogP contribution is 2.22. The summed E-state index contributed by atoms with van der Waals surface area (Å²) in [6, 6.07) is 15.3. The van der Waals surface area contributed by atoms with Gasteiger partial charge in [-0.3, -0.25) is 0 Å². The second kappa shape index (κ2) is 6.09. The zero-order valence-corrected chi connectivity index (χ0v) is 14.0. The third-order valence-corrected chi connectivity index (χ3v) is 4.93. The summed E-state index contributed by atoms with van der Waals surface area (Å²) in [7, 11) is -3.86. The zero-order chi connectivity index (χ0) is 18.1. The molecule has 0 atom stereocenters. The van der Waals surface area contributed by atoms with Crippen molar-refractivity contribution < 1.29 is 17.4 Å². The number of oxazole rings is 1. The zero-order valence-electron chi connectivity index (χ0n) is 13.2. The number of para-hydroxylation sites is 2. The minimum absolute atomic E-state index is 0.00776. The lowest BCUT2D eigenvalue weighted by molar-refractivity contribution is 0.423. The summed E-state index contributed by atoms with van der Waals surface area (Å²) in [4.78, 5) is 8.08. The highest BCUT2D eigenvalue weighted by molar-refractivity contribution is 7.90. The number of hydrogen-bond donors (Lipinski definition) is 0. The van der Waals surface area contributed by atoms with Gasteiger partial charge in [-0.1, -0.05) is 17.3 Å². The molecule has 26 heavy (non-hydrogen) atoms. The maximum Gasteiger partial charge on any atom is 0.316 e. The molecule has 0 unspecified atom stereocenters. The molecule has 2 aromatic heterocycles. The van der Waals surface area contributed by atoms with Gasteiger partial charge in [-0.05, 0) is 36.4 Å². The van der Waals surface area contributed by atoms with Gasteiger partial charge in [0.05, 0.1) is 11.6 Å². The van der Waals surface area contributed by atoms with E-state index in [1.807, 2.05) is 6.07 Å². The van der Waals surface area contributed by atoms with Crippen LogP contribution in [-0.4, -0.2) is 23.5 Å². The maximum absolute atomic E-state index is 12.5.